The second kappa shape index (κ2) is 5.01. The van der Waals surface area contributed by atoms with Crippen LogP contribution in [0.5, 0.6) is 0 Å². The van der Waals surface area contributed by atoms with E-state index in [4.69, 9.17) is 0 Å². The van der Waals surface area contributed by atoms with E-state index < -0.39 is 0 Å². The monoisotopic (exact) mass is 246 g/mol. The van der Waals surface area contributed by atoms with Gasteiger partial charge in [0.15, 0.2) is 0 Å². The van der Waals surface area contributed by atoms with Crippen molar-refractivity contribution >= 4 is 6.03 Å². The van der Waals surface area contributed by atoms with Crippen LogP contribution in [-0.2, 0) is 0 Å². The van der Waals surface area contributed by atoms with E-state index in [0.29, 0.717) is 5.92 Å². The van der Waals surface area contributed by atoms with Crippen LogP contribution < -0.4 is 0 Å². The lowest BCUT2D eigenvalue weighted by Gasteiger charge is -2.18. The molecule has 1 aromatic rings. The Bertz CT molecular complexity index is 425. The maximum Gasteiger partial charge on any atom is 0.320 e. The fraction of sp³-hybridized carbons (Fsp3) is 0.533. The van der Waals surface area contributed by atoms with Crippen LogP contribution in [0.2, 0.25) is 0 Å². The van der Waals surface area contributed by atoms with Crippen LogP contribution in [0, 0.1) is 0 Å². The van der Waals surface area contributed by atoms with Crippen LogP contribution >= 0.6 is 0 Å². The Hall–Kier alpha value is -1.51. The predicted molar refractivity (Wildman–Crippen MR) is 73.7 cm³/mol. The quantitative estimate of drug-likeness (QED) is 0.803. The molecule has 2 amide bonds. The number of hydrogen-bond donors (Lipinski definition) is 0. The summed E-state index contributed by atoms with van der Waals surface area (Å²) < 4.78 is 0. The smallest absolute Gasteiger partial charge is 0.320 e. The number of amides is 2. The molecule has 0 aliphatic carbocycles. The van der Waals surface area contributed by atoms with E-state index in [1.165, 1.54) is 11.1 Å². The fourth-order valence-electron chi connectivity index (χ4n) is 2.46. The molecule has 1 heterocycles. The zero-order chi connectivity index (χ0) is 13.3. The Balaban J connectivity index is 2.19. The van der Waals surface area contributed by atoms with Gasteiger partial charge in [-0.25, -0.2) is 4.79 Å². The summed E-state index contributed by atoms with van der Waals surface area (Å²) >= 11 is 0. The lowest BCUT2D eigenvalue weighted by molar-refractivity contribution is 0.197. The number of likely N-dealkylation sites (N-methyl/N-ethyl adjacent to an activating group) is 2. The molecule has 0 radical (unpaired) electrons. The summed E-state index contributed by atoms with van der Waals surface area (Å²) in [5, 5.41) is 0. The maximum absolute atomic E-state index is 11.9. The molecule has 98 valence electrons. The molecule has 1 aromatic carbocycles. The fourth-order valence-corrected chi connectivity index (χ4v) is 2.46. The van der Waals surface area contributed by atoms with Crippen molar-refractivity contribution < 1.29 is 4.79 Å². The number of benzene rings is 1. The van der Waals surface area contributed by atoms with E-state index in [-0.39, 0.29) is 12.1 Å². The molecule has 0 aromatic heterocycles. The van der Waals surface area contributed by atoms with Gasteiger partial charge in [-0.3, -0.25) is 0 Å². The van der Waals surface area contributed by atoms with Gasteiger partial charge in [-0.2, -0.15) is 0 Å². The highest BCUT2D eigenvalue weighted by Gasteiger charge is 2.34. The van der Waals surface area contributed by atoms with Crippen molar-refractivity contribution in [2.24, 2.45) is 0 Å². The number of urea groups is 1. The van der Waals surface area contributed by atoms with Gasteiger partial charge in [0.05, 0.1) is 6.04 Å². The Morgan fingerprint density at radius 3 is 2.33 bits per heavy atom. The third-order valence-electron chi connectivity index (χ3n) is 3.80. The van der Waals surface area contributed by atoms with Crippen molar-refractivity contribution in [3.05, 3.63) is 35.4 Å². The molecule has 1 saturated heterocycles. The first-order valence-electron chi connectivity index (χ1n) is 6.66. The standard InChI is InChI=1S/C15H22N2O/c1-5-17-10-14(16(4)15(17)18)13-8-6-12(7-9-13)11(2)3/h6-9,11,14H,5,10H2,1-4H3. The average molecular weight is 246 g/mol. The first kappa shape index (κ1) is 12.9. The van der Waals surface area contributed by atoms with Crippen molar-refractivity contribution in [1.82, 2.24) is 9.80 Å². The van der Waals surface area contributed by atoms with E-state index in [0.717, 1.165) is 13.1 Å². The van der Waals surface area contributed by atoms with Gasteiger partial charge in [0.2, 0.25) is 0 Å². The van der Waals surface area contributed by atoms with Gasteiger partial charge in [0.1, 0.15) is 0 Å². The average Bonchev–Trinajstić information content (AvgIpc) is 2.66. The highest BCUT2D eigenvalue weighted by atomic mass is 16.2. The Morgan fingerprint density at radius 2 is 1.89 bits per heavy atom. The molecule has 0 saturated carbocycles. The zero-order valence-corrected chi connectivity index (χ0v) is 11.7. The van der Waals surface area contributed by atoms with Gasteiger partial charge in [-0.1, -0.05) is 38.1 Å². The summed E-state index contributed by atoms with van der Waals surface area (Å²) in [5.74, 6) is 0.550. The molecule has 2 rings (SSSR count). The number of hydrogen-bond acceptors (Lipinski definition) is 1. The van der Waals surface area contributed by atoms with Crippen molar-refractivity contribution in [3.63, 3.8) is 0 Å². The number of rotatable bonds is 3. The van der Waals surface area contributed by atoms with Crippen LogP contribution in [0.15, 0.2) is 24.3 Å². The van der Waals surface area contributed by atoms with Crippen LogP contribution in [0.1, 0.15) is 43.9 Å². The third kappa shape index (κ3) is 2.22. The van der Waals surface area contributed by atoms with Gasteiger partial charge in [-0.15, -0.1) is 0 Å². The number of nitrogens with zero attached hydrogens (tertiary/aromatic N) is 2. The van der Waals surface area contributed by atoms with Gasteiger partial charge in [0.25, 0.3) is 0 Å². The van der Waals surface area contributed by atoms with E-state index in [9.17, 15) is 4.79 Å². The lowest BCUT2D eigenvalue weighted by atomic mass is 9.99. The van der Waals surface area contributed by atoms with Crippen LogP contribution in [0.3, 0.4) is 0 Å². The molecule has 3 nitrogen and oxygen atoms in total. The Labute approximate surface area is 109 Å². The van der Waals surface area contributed by atoms with Crippen molar-refractivity contribution in [1.29, 1.82) is 0 Å². The molecule has 0 N–H and O–H groups in total. The van der Waals surface area contributed by atoms with Crippen LogP contribution in [-0.4, -0.2) is 36.0 Å². The summed E-state index contributed by atoms with van der Waals surface area (Å²) in [6.07, 6.45) is 0. The molecule has 1 atom stereocenters. The highest BCUT2D eigenvalue weighted by Crippen LogP contribution is 2.28. The molecule has 3 heteroatoms. The molecule has 0 bridgehead atoms. The molecule has 1 unspecified atom stereocenters. The lowest BCUT2D eigenvalue weighted by Crippen LogP contribution is -2.29. The van der Waals surface area contributed by atoms with E-state index >= 15 is 0 Å². The molecule has 0 spiro atoms. The Morgan fingerprint density at radius 1 is 1.28 bits per heavy atom. The van der Waals surface area contributed by atoms with Crippen LogP contribution in [0.25, 0.3) is 0 Å². The van der Waals surface area contributed by atoms with Crippen molar-refractivity contribution in [2.75, 3.05) is 20.1 Å². The molecule has 18 heavy (non-hydrogen) atoms. The summed E-state index contributed by atoms with van der Waals surface area (Å²) in [4.78, 5) is 15.7. The normalized spacial score (nSPS) is 20.1. The number of carbonyl (C=O) groups is 1. The van der Waals surface area contributed by atoms with Crippen molar-refractivity contribution in [3.8, 4) is 0 Å². The second-order valence-electron chi connectivity index (χ2n) is 5.27. The minimum Gasteiger partial charge on any atom is -0.323 e. The molecule has 1 aliphatic heterocycles. The van der Waals surface area contributed by atoms with Gasteiger partial charge in [-0.05, 0) is 24.0 Å². The first-order valence-corrected chi connectivity index (χ1v) is 6.66. The third-order valence-corrected chi connectivity index (χ3v) is 3.80. The predicted octanol–water partition coefficient (Wildman–Crippen LogP) is 3.24. The minimum absolute atomic E-state index is 0.135. The Kier molecular flexibility index (Phi) is 3.60. The van der Waals surface area contributed by atoms with Gasteiger partial charge in [0, 0.05) is 20.1 Å². The highest BCUT2D eigenvalue weighted by molar-refractivity contribution is 5.77. The molecular weight excluding hydrogens is 224 g/mol. The summed E-state index contributed by atoms with van der Waals surface area (Å²) in [5.41, 5.74) is 2.57. The first-order chi connectivity index (χ1) is 8.54. The van der Waals surface area contributed by atoms with Gasteiger partial charge < -0.3 is 9.80 Å². The summed E-state index contributed by atoms with van der Waals surface area (Å²) in [6.45, 7) is 7.99. The summed E-state index contributed by atoms with van der Waals surface area (Å²) in [6, 6.07) is 8.99. The molecule has 1 fully saturated rings. The van der Waals surface area contributed by atoms with E-state index in [2.05, 4.69) is 38.1 Å². The molecular formula is C15H22N2O. The van der Waals surface area contributed by atoms with Gasteiger partial charge >= 0.3 is 6.03 Å². The largest absolute Gasteiger partial charge is 0.323 e. The summed E-state index contributed by atoms with van der Waals surface area (Å²) in [7, 11) is 1.89. The minimum atomic E-state index is 0.135. The van der Waals surface area contributed by atoms with Crippen LogP contribution in [0.4, 0.5) is 4.79 Å². The number of carbonyl (C=O) groups excluding carboxylic acids is 1. The molecule has 1 aliphatic rings. The zero-order valence-electron chi connectivity index (χ0n) is 11.7. The van der Waals surface area contributed by atoms with E-state index in [1.54, 1.807) is 0 Å². The maximum atomic E-state index is 11.9. The second-order valence-corrected chi connectivity index (χ2v) is 5.27. The topological polar surface area (TPSA) is 23.6 Å². The van der Waals surface area contributed by atoms with Crippen molar-refractivity contribution in [2.45, 2.75) is 32.7 Å². The van der Waals surface area contributed by atoms with E-state index in [1.807, 2.05) is 23.8 Å². The SMILES string of the molecule is CCN1CC(c2ccc(C(C)C)cc2)N(C)C1=O.